The van der Waals surface area contributed by atoms with Gasteiger partial charge in [0, 0.05) is 6.42 Å². The number of carboxylic acids is 1. The van der Waals surface area contributed by atoms with Crippen molar-refractivity contribution in [3.63, 3.8) is 0 Å². The lowest BCUT2D eigenvalue weighted by molar-refractivity contribution is -0.151. The Morgan fingerprint density at radius 2 is 1.11 bits per heavy atom. The molecular formula is C32H61NO5. The van der Waals surface area contributed by atoms with E-state index in [1.807, 2.05) is 0 Å². The monoisotopic (exact) mass is 539 g/mol. The Morgan fingerprint density at radius 3 is 1.58 bits per heavy atom. The van der Waals surface area contributed by atoms with Gasteiger partial charge in [-0.2, -0.15) is 0 Å². The Morgan fingerprint density at radius 1 is 0.658 bits per heavy atom. The molecule has 0 aromatic heterocycles. The van der Waals surface area contributed by atoms with Gasteiger partial charge in [0.2, 0.25) is 5.91 Å². The van der Waals surface area contributed by atoms with Crippen molar-refractivity contribution in [3.8, 4) is 0 Å². The van der Waals surface area contributed by atoms with Gasteiger partial charge in [0.1, 0.15) is 6.04 Å². The topological polar surface area (TPSA) is 92.7 Å². The summed E-state index contributed by atoms with van der Waals surface area (Å²) in [5, 5.41) is 11.7. The Bertz CT molecular complexity index is 578. The van der Waals surface area contributed by atoms with Crippen LogP contribution in [0.3, 0.4) is 0 Å². The van der Waals surface area contributed by atoms with Crippen molar-refractivity contribution in [2.45, 2.75) is 174 Å². The molecule has 0 radical (unpaired) electrons. The number of nitrogens with one attached hydrogen (secondary N) is 1. The predicted octanol–water partition coefficient (Wildman–Crippen LogP) is 8.75. The second-order valence-corrected chi connectivity index (χ2v) is 11.5. The summed E-state index contributed by atoms with van der Waals surface area (Å²) in [6, 6.07) is -1.11. The van der Waals surface area contributed by atoms with Crippen LogP contribution < -0.4 is 5.32 Å². The molecule has 6 heteroatoms. The summed E-state index contributed by atoms with van der Waals surface area (Å²) >= 11 is 0. The molecule has 0 unspecified atom stereocenters. The Balaban J connectivity index is 3.83. The smallest absolute Gasteiger partial charge is 0.329 e. The fourth-order valence-corrected chi connectivity index (χ4v) is 4.75. The first-order chi connectivity index (χ1) is 18.4. The van der Waals surface area contributed by atoms with Gasteiger partial charge in [-0.05, 0) is 18.8 Å². The second-order valence-electron chi connectivity index (χ2n) is 11.5. The van der Waals surface area contributed by atoms with E-state index in [1.165, 1.54) is 96.3 Å². The van der Waals surface area contributed by atoms with Crippen molar-refractivity contribution >= 4 is 17.8 Å². The highest BCUT2D eigenvalue weighted by Crippen LogP contribution is 2.14. The van der Waals surface area contributed by atoms with Gasteiger partial charge in [0.05, 0.1) is 13.0 Å². The summed E-state index contributed by atoms with van der Waals surface area (Å²) in [6.07, 6.45) is 25.1. The van der Waals surface area contributed by atoms with Crippen LogP contribution in [0, 0.1) is 5.92 Å². The second kappa shape index (κ2) is 27.0. The van der Waals surface area contributed by atoms with E-state index in [-0.39, 0.29) is 12.5 Å². The maximum absolute atomic E-state index is 12.4. The van der Waals surface area contributed by atoms with Crippen molar-refractivity contribution in [1.29, 1.82) is 0 Å². The molecule has 0 spiro atoms. The lowest BCUT2D eigenvalue weighted by Gasteiger charge is -2.16. The first kappa shape index (κ1) is 36.4. The number of unbranched alkanes of at least 4 members (excludes halogenated alkanes) is 18. The van der Waals surface area contributed by atoms with E-state index in [0.29, 0.717) is 6.42 Å². The van der Waals surface area contributed by atoms with E-state index < -0.39 is 24.4 Å². The van der Waals surface area contributed by atoms with Crippen molar-refractivity contribution in [1.82, 2.24) is 5.32 Å². The first-order valence-corrected chi connectivity index (χ1v) is 16.0. The maximum atomic E-state index is 12.4. The standard InChI is InChI=1S/C32H61NO5/c1-4-5-6-7-8-9-10-11-12-13-16-19-22-25-30(34)33-29(27-31(35)36)32(37)38-26-23-20-17-14-15-18-21-24-28(2)3/h28-29H,4-27H2,1-3H3,(H,33,34)(H,35,36)/t29-/m0/s1. The number of hydrogen-bond donors (Lipinski definition) is 2. The minimum atomic E-state index is -1.12. The fourth-order valence-electron chi connectivity index (χ4n) is 4.75. The van der Waals surface area contributed by atoms with Gasteiger partial charge in [0.25, 0.3) is 0 Å². The van der Waals surface area contributed by atoms with Crippen LogP contribution in [0.1, 0.15) is 168 Å². The van der Waals surface area contributed by atoms with Gasteiger partial charge >= 0.3 is 11.9 Å². The minimum absolute atomic E-state index is 0.270. The number of carboxylic acid groups (broad SMARTS) is 1. The predicted molar refractivity (Wildman–Crippen MR) is 157 cm³/mol. The van der Waals surface area contributed by atoms with Crippen LogP contribution in [0.25, 0.3) is 0 Å². The van der Waals surface area contributed by atoms with Crippen molar-refractivity contribution < 1.29 is 24.2 Å². The number of carbonyl (C=O) groups excluding carboxylic acids is 2. The molecule has 0 saturated carbocycles. The summed E-state index contributed by atoms with van der Waals surface area (Å²) < 4.78 is 5.28. The molecule has 0 aliphatic rings. The Labute approximate surface area is 234 Å². The van der Waals surface area contributed by atoms with E-state index in [1.54, 1.807) is 0 Å². The highest BCUT2D eigenvalue weighted by Gasteiger charge is 2.24. The molecule has 0 fully saturated rings. The highest BCUT2D eigenvalue weighted by atomic mass is 16.5. The molecule has 0 aromatic carbocycles. The maximum Gasteiger partial charge on any atom is 0.329 e. The molecule has 0 aliphatic heterocycles. The van der Waals surface area contributed by atoms with Crippen molar-refractivity contribution in [2.24, 2.45) is 5.92 Å². The molecule has 0 bridgehead atoms. The third-order valence-electron chi connectivity index (χ3n) is 7.18. The zero-order valence-corrected chi connectivity index (χ0v) is 25.2. The van der Waals surface area contributed by atoms with Crippen LogP contribution in [-0.2, 0) is 19.1 Å². The number of ether oxygens (including phenoxy) is 1. The van der Waals surface area contributed by atoms with Gasteiger partial charge in [-0.15, -0.1) is 0 Å². The van der Waals surface area contributed by atoms with Gasteiger partial charge < -0.3 is 15.2 Å². The third kappa shape index (κ3) is 26.0. The van der Waals surface area contributed by atoms with Crippen LogP contribution in [0.2, 0.25) is 0 Å². The molecule has 1 atom stereocenters. The number of esters is 1. The van der Waals surface area contributed by atoms with E-state index in [0.717, 1.165) is 44.4 Å². The molecule has 0 heterocycles. The Hall–Kier alpha value is -1.59. The normalized spacial score (nSPS) is 12.0. The molecule has 224 valence electrons. The minimum Gasteiger partial charge on any atom is -0.481 e. The number of carbonyl (C=O) groups is 3. The number of aliphatic carboxylic acids is 1. The van der Waals surface area contributed by atoms with Crippen LogP contribution in [0.5, 0.6) is 0 Å². The van der Waals surface area contributed by atoms with Crippen molar-refractivity contribution in [3.05, 3.63) is 0 Å². The van der Waals surface area contributed by atoms with E-state index in [9.17, 15) is 14.4 Å². The summed E-state index contributed by atoms with van der Waals surface area (Å²) in [7, 11) is 0. The van der Waals surface area contributed by atoms with Gasteiger partial charge in [-0.1, -0.05) is 143 Å². The molecule has 1 amide bonds. The van der Waals surface area contributed by atoms with Crippen LogP contribution in [0.15, 0.2) is 0 Å². The summed E-state index contributed by atoms with van der Waals surface area (Å²) in [6.45, 7) is 7.04. The van der Waals surface area contributed by atoms with E-state index >= 15 is 0 Å². The molecule has 0 saturated heterocycles. The lowest BCUT2D eigenvalue weighted by atomic mass is 10.0. The molecule has 6 nitrogen and oxygen atoms in total. The number of rotatable bonds is 28. The zero-order valence-electron chi connectivity index (χ0n) is 25.2. The third-order valence-corrected chi connectivity index (χ3v) is 7.18. The average molecular weight is 540 g/mol. The fraction of sp³-hybridized carbons (Fsp3) is 0.906. The zero-order chi connectivity index (χ0) is 28.3. The summed E-state index contributed by atoms with van der Waals surface area (Å²) in [4.78, 5) is 35.8. The molecule has 0 aliphatic carbocycles. The number of hydrogen-bond acceptors (Lipinski definition) is 4. The largest absolute Gasteiger partial charge is 0.481 e. The summed E-state index contributed by atoms with van der Waals surface area (Å²) in [5.74, 6) is -1.25. The molecule has 0 aromatic rings. The molecule has 38 heavy (non-hydrogen) atoms. The highest BCUT2D eigenvalue weighted by molar-refractivity contribution is 5.87. The van der Waals surface area contributed by atoms with Crippen LogP contribution in [-0.4, -0.2) is 35.6 Å². The van der Waals surface area contributed by atoms with Crippen LogP contribution >= 0.6 is 0 Å². The van der Waals surface area contributed by atoms with Gasteiger partial charge in [-0.25, -0.2) is 4.79 Å². The van der Waals surface area contributed by atoms with E-state index in [4.69, 9.17) is 9.84 Å². The number of amides is 1. The van der Waals surface area contributed by atoms with E-state index in [2.05, 4.69) is 26.1 Å². The molecular weight excluding hydrogens is 478 g/mol. The SMILES string of the molecule is CCCCCCCCCCCCCCCC(=O)N[C@@H](CC(=O)O)C(=O)OCCCCCCCCCC(C)C. The van der Waals surface area contributed by atoms with Gasteiger partial charge in [0.15, 0.2) is 0 Å². The van der Waals surface area contributed by atoms with Crippen molar-refractivity contribution in [2.75, 3.05) is 6.61 Å². The lowest BCUT2D eigenvalue weighted by Crippen LogP contribution is -2.43. The van der Waals surface area contributed by atoms with Crippen LogP contribution in [0.4, 0.5) is 0 Å². The summed E-state index contributed by atoms with van der Waals surface area (Å²) in [5.41, 5.74) is 0. The molecule has 0 rings (SSSR count). The first-order valence-electron chi connectivity index (χ1n) is 16.0. The molecule has 2 N–H and O–H groups in total. The van der Waals surface area contributed by atoms with Gasteiger partial charge in [-0.3, -0.25) is 9.59 Å². The Kier molecular flexibility index (Phi) is 25.9. The average Bonchev–Trinajstić information content (AvgIpc) is 2.87. The quantitative estimate of drug-likeness (QED) is 0.0766.